The number of halogens is 1. The maximum atomic E-state index is 12.1. The largest absolute Gasteiger partial charge is 0.353 e. The molecule has 2 rings (SSSR count). The second kappa shape index (κ2) is 7.94. The molecule has 2 N–H and O–H groups in total. The van der Waals surface area contributed by atoms with Gasteiger partial charge in [-0.1, -0.05) is 43.0 Å². The van der Waals surface area contributed by atoms with Crippen LogP contribution in [0.3, 0.4) is 0 Å². The van der Waals surface area contributed by atoms with Gasteiger partial charge in [-0.15, -0.1) is 0 Å². The van der Waals surface area contributed by atoms with Crippen LogP contribution in [0.4, 0.5) is 0 Å². The van der Waals surface area contributed by atoms with Crippen molar-refractivity contribution in [3.63, 3.8) is 0 Å². The zero-order chi connectivity index (χ0) is 16.0. The van der Waals surface area contributed by atoms with Crippen LogP contribution in [0.15, 0.2) is 29.2 Å². The van der Waals surface area contributed by atoms with Gasteiger partial charge in [0.25, 0.3) is 0 Å². The van der Waals surface area contributed by atoms with Crippen molar-refractivity contribution in [3.05, 3.63) is 29.3 Å². The van der Waals surface area contributed by atoms with Crippen LogP contribution in [0.25, 0.3) is 0 Å². The predicted octanol–water partition coefficient (Wildman–Crippen LogP) is 2.46. The number of nitrogens with one attached hydrogen (secondary N) is 2. The van der Waals surface area contributed by atoms with Crippen molar-refractivity contribution in [2.24, 2.45) is 0 Å². The van der Waals surface area contributed by atoms with Crippen LogP contribution in [-0.4, -0.2) is 26.9 Å². The molecule has 0 bridgehead atoms. The molecule has 0 saturated heterocycles. The van der Waals surface area contributed by atoms with Gasteiger partial charge in [-0.25, -0.2) is 13.1 Å². The third-order valence-corrected chi connectivity index (χ3v) is 5.70. The van der Waals surface area contributed by atoms with Crippen molar-refractivity contribution < 1.29 is 13.2 Å². The molecule has 1 fully saturated rings. The Morgan fingerprint density at radius 2 is 1.86 bits per heavy atom. The van der Waals surface area contributed by atoms with Crippen LogP contribution in [0, 0.1) is 0 Å². The molecule has 1 amide bonds. The van der Waals surface area contributed by atoms with E-state index in [1.54, 1.807) is 12.1 Å². The molecule has 0 aromatic heterocycles. The van der Waals surface area contributed by atoms with E-state index in [-0.39, 0.29) is 34.8 Å². The Morgan fingerprint density at radius 1 is 1.18 bits per heavy atom. The van der Waals surface area contributed by atoms with Crippen molar-refractivity contribution >= 4 is 27.5 Å². The van der Waals surface area contributed by atoms with Gasteiger partial charge in [0.05, 0.1) is 5.02 Å². The summed E-state index contributed by atoms with van der Waals surface area (Å²) in [5.41, 5.74) is 0. The lowest BCUT2D eigenvalue weighted by atomic mass is 9.95. The van der Waals surface area contributed by atoms with Crippen LogP contribution in [0.1, 0.15) is 38.5 Å². The molecule has 1 aliphatic rings. The molecule has 0 heterocycles. The molecule has 22 heavy (non-hydrogen) atoms. The highest BCUT2D eigenvalue weighted by molar-refractivity contribution is 7.89. The molecule has 0 spiro atoms. The Morgan fingerprint density at radius 3 is 2.55 bits per heavy atom. The lowest BCUT2D eigenvalue weighted by molar-refractivity contribution is -0.121. The standard InChI is InChI=1S/C15H21ClN2O3S/c16-13-8-4-5-9-14(13)22(20,21)17-11-10-15(19)18-12-6-2-1-3-7-12/h4-5,8-9,12,17H,1-3,6-7,10-11H2,(H,18,19). The van der Waals surface area contributed by atoms with Crippen molar-refractivity contribution in [1.29, 1.82) is 0 Å². The third-order valence-electron chi connectivity index (χ3n) is 3.74. The molecule has 122 valence electrons. The van der Waals surface area contributed by atoms with E-state index in [9.17, 15) is 13.2 Å². The molecule has 0 atom stereocenters. The summed E-state index contributed by atoms with van der Waals surface area (Å²) in [7, 11) is -3.68. The molecular weight excluding hydrogens is 324 g/mol. The van der Waals surface area contributed by atoms with E-state index in [1.807, 2.05) is 0 Å². The van der Waals surface area contributed by atoms with E-state index >= 15 is 0 Å². The first-order chi connectivity index (χ1) is 10.5. The lowest BCUT2D eigenvalue weighted by Crippen LogP contribution is -2.38. The number of amides is 1. The number of sulfonamides is 1. The van der Waals surface area contributed by atoms with Gasteiger partial charge in [0.15, 0.2) is 0 Å². The third kappa shape index (κ3) is 4.97. The number of hydrogen-bond acceptors (Lipinski definition) is 3. The Kier molecular flexibility index (Phi) is 6.23. The molecule has 5 nitrogen and oxygen atoms in total. The Labute approximate surface area is 136 Å². The highest BCUT2D eigenvalue weighted by Gasteiger charge is 2.18. The second-order valence-electron chi connectivity index (χ2n) is 5.48. The van der Waals surface area contributed by atoms with E-state index in [0.717, 1.165) is 25.7 Å². The number of carbonyl (C=O) groups excluding carboxylic acids is 1. The first-order valence-electron chi connectivity index (χ1n) is 7.52. The van der Waals surface area contributed by atoms with Gasteiger partial charge in [0.1, 0.15) is 4.90 Å². The molecule has 0 unspecified atom stereocenters. The first-order valence-corrected chi connectivity index (χ1v) is 9.39. The highest BCUT2D eigenvalue weighted by Crippen LogP contribution is 2.20. The average Bonchev–Trinajstić information content (AvgIpc) is 2.48. The summed E-state index contributed by atoms with van der Waals surface area (Å²) in [6.45, 7) is 0.0616. The van der Waals surface area contributed by atoms with E-state index in [0.29, 0.717) is 0 Å². The lowest BCUT2D eigenvalue weighted by Gasteiger charge is -2.22. The first kappa shape index (κ1) is 17.2. The molecular formula is C15H21ClN2O3S. The second-order valence-corrected chi connectivity index (χ2v) is 7.62. The van der Waals surface area contributed by atoms with Gasteiger partial charge < -0.3 is 5.32 Å². The van der Waals surface area contributed by atoms with Crippen LogP contribution in [0.5, 0.6) is 0 Å². The number of carbonyl (C=O) groups is 1. The van der Waals surface area contributed by atoms with Gasteiger partial charge in [0, 0.05) is 19.0 Å². The van der Waals surface area contributed by atoms with E-state index in [2.05, 4.69) is 10.0 Å². The van der Waals surface area contributed by atoms with Crippen LogP contribution in [-0.2, 0) is 14.8 Å². The number of benzene rings is 1. The minimum absolute atomic E-state index is 0.0318. The van der Waals surface area contributed by atoms with Gasteiger partial charge in [-0.2, -0.15) is 0 Å². The molecule has 1 aromatic rings. The van der Waals surface area contributed by atoms with Crippen molar-refractivity contribution in [1.82, 2.24) is 10.0 Å². The molecule has 1 aromatic carbocycles. The highest BCUT2D eigenvalue weighted by atomic mass is 35.5. The van der Waals surface area contributed by atoms with Gasteiger partial charge in [0.2, 0.25) is 15.9 Å². The summed E-state index contributed by atoms with van der Waals surface area (Å²) in [5.74, 6) is -0.117. The minimum Gasteiger partial charge on any atom is -0.353 e. The number of rotatable bonds is 6. The van der Waals surface area contributed by atoms with Crippen LogP contribution in [0.2, 0.25) is 5.02 Å². The fourth-order valence-electron chi connectivity index (χ4n) is 2.59. The Hall–Kier alpha value is -1.11. The average molecular weight is 345 g/mol. The fraction of sp³-hybridized carbons (Fsp3) is 0.533. The van der Waals surface area contributed by atoms with E-state index in [4.69, 9.17) is 11.6 Å². The summed E-state index contributed by atoms with van der Waals surface area (Å²) in [6, 6.07) is 6.47. The topological polar surface area (TPSA) is 75.3 Å². The normalized spacial score (nSPS) is 16.4. The van der Waals surface area contributed by atoms with Crippen LogP contribution >= 0.6 is 11.6 Å². The Balaban J connectivity index is 1.80. The zero-order valence-electron chi connectivity index (χ0n) is 12.3. The number of hydrogen-bond donors (Lipinski definition) is 2. The van der Waals surface area contributed by atoms with Gasteiger partial charge >= 0.3 is 0 Å². The SMILES string of the molecule is O=C(CCNS(=O)(=O)c1ccccc1Cl)NC1CCCCC1. The molecule has 1 aliphatic carbocycles. The molecule has 1 saturated carbocycles. The van der Waals surface area contributed by atoms with Crippen molar-refractivity contribution in [2.45, 2.75) is 49.5 Å². The van der Waals surface area contributed by atoms with Gasteiger partial charge in [-0.3, -0.25) is 4.79 Å². The zero-order valence-corrected chi connectivity index (χ0v) is 13.9. The van der Waals surface area contributed by atoms with Crippen LogP contribution < -0.4 is 10.0 Å². The van der Waals surface area contributed by atoms with Gasteiger partial charge in [-0.05, 0) is 25.0 Å². The predicted molar refractivity (Wildman–Crippen MR) is 86.3 cm³/mol. The quantitative estimate of drug-likeness (QED) is 0.832. The summed E-state index contributed by atoms with van der Waals surface area (Å²) in [6.07, 6.45) is 5.66. The maximum absolute atomic E-state index is 12.1. The monoisotopic (exact) mass is 344 g/mol. The molecule has 7 heteroatoms. The Bertz CT molecular complexity index is 613. The van der Waals surface area contributed by atoms with Crippen molar-refractivity contribution in [2.75, 3.05) is 6.54 Å². The smallest absolute Gasteiger partial charge is 0.242 e. The summed E-state index contributed by atoms with van der Waals surface area (Å²) < 4.78 is 26.6. The fourth-order valence-corrected chi connectivity index (χ4v) is 4.14. The molecule has 0 aliphatic heterocycles. The maximum Gasteiger partial charge on any atom is 0.242 e. The van der Waals surface area contributed by atoms with E-state index < -0.39 is 10.0 Å². The summed E-state index contributed by atoms with van der Waals surface area (Å²) >= 11 is 5.88. The van der Waals surface area contributed by atoms with E-state index in [1.165, 1.54) is 18.6 Å². The minimum atomic E-state index is -3.68. The summed E-state index contributed by atoms with van der Waals surface area (Å²) in [5, 5.41) is 3.12. The molecule has 0 radical (unpaired) electrons. The van der Waals surface area contributed by atoms with Crippen molar-refractivity contribution in [3.8, 4) is 0 Å². The summed E-state index contributed by atoms with van der Waals surface area (Å²) in [4.78, 5) is 11.9.